The highest BCUT2D eigenvalue weighted by Crippen LogP contribution is 2.33. The summed E-state index contributed by atoms with van der Waals surface area (Å²) >= 11 is 0. The summed E-state index contributed by atoms with van der Waals surface area (Å²) in [6.45, 7) is 0.315. The summed E-state index contributed by atoms with van der Waals surface area (Å²) in [6.07, 6.45) is 8.45. The average molecular weight is 373 g/mol. The van der Waals surface area contributed by atoms with Crippen LogP contribution in [0, 0.1) is 5.95 Å². The van der Waals surface area contributed by atoms with Crippen molar-refractivity contribution in [3.05, 3.63) is 65.8 Å². The monoisotopic (exact) mass is 372 g/mol. The molecule has 4 rings (SSSR count). The van der Waals surface area contributed by atoms with Crippen molar-refractivity contribution in [3.8, 4) is 17.1 Å². The molecule has 134 valence electrons. The second-order valence-electron chi connectivity index (χ2n) is 5.95. The van der Waals surface area contributed by atoms with E-state index in [-0.39, 0.29) is 18.1 Å². The second-order valence-corrected chi connectivity index (χ2v) is 5.95. The van der Waals surface area contributed by atoms with Crippen molar-refractivity contribution in [2.24, 2.45) is 0 Å². The Labute approximate surface area is 157 Å². The van der Waals surface area contributed by atoms with E-state index in [0.29, 0.717) is 12.5 Å². The number of ether oxygens (including phenoxy) is 1. The molecule has 0 N–H and O–H groups in total. The molecular weight excluding hydrogens is 355 g/mol. The van der Waals surface area contributed by atoms with Crippen LogP contribution < -0.4 is 4.74 Å². The van der Waals surface area contributed by atoms with Crippen molar-refractivity contribution < 1.29 is 9.13 Å². The van der Waals surface area contributed by atoms with E-state index < -0.39 is 5.95 Å². The minimum atomic E-state index is -0.572. The van der Waals surface area contributed by atoms with Gasteiger partial charge in [-0.15, -0.1) is 12.4 Å². The Kier molecular flexibility index (Phi) is 5.73. The molecule has 1 aliphatic rings. The van der Waals surface area contributed by atoms with E-state index in [4.69, 9.17) is 4.74 Å². The summed E-state index contributed by atoms with van der Waals surface area (Å²) in [7, 11) is 0. The summed E-state index contributed by atoms with van der Waals surface area (Å²) in [4.78, 5) is 16.8. The Hall–Kier alpha value is -2.60. The molecule has 0 spiro atoms. The number of hydrogen-bond donors (Lipinski definition) is 0. The van der Waals surface area contributed by atoms with Crippen LogP contribution in [-0.4, -0.2) is 19.9 Å². The van der Waals surface area contributed by atoms with Gasteiger partial charge in [0.1, 0.15) is 12.3 Å². The predicted molar refractivity (Wildman–Crippen MR) is 97.7 cm³/mol. The molecule has 26 heavy (non-hydrogen) atoms. The number of rotatable bonds is 4. The fraction of sp³-hybridized carbons (Fsp3) is 0.263. The molecule has 7 heteroatoms. The highest BCUT2D eigenvalue weighted by Gasteiger charge is 2.21. The van der Waals surface area contributed by atoms with Gasteiger partial charge in [0.05, 0.1) is 5.69 Å². The van der Waals surface area contributed by atoms with Gasteiger partial charge >= 0.3 is 0 Å². The molecule has 0 saturated carbocycles. The summed E-state index contributed by atoms with van der Waals surface area (Å²) in [5.41, 5.74) is 3.81. The largest absolute Gasteiger partial charge is 0.471 e. The van der Waals surface area contributed by atoms with Gasteiger partial charge in [-0.1, -0.05) is 6.07 Å². The first kappa shape index (κ1) is 18.2. The van der Waals surface area contributed by atoms with Crippen LogP contribution in [0.5, 0.6) is 5.88 Å². The van der Waals surface area contributed by atoms with Crippen molar-refractivity contribution in [2.45, 2.75) is 32.3 Å². The Morgan fingerprint density at radius 3 is 2.65 bits per heavy atom. The average Bonchev–Trinajstić information content (AvgIpc) is 2.67. The van der Waals surface area contributed by atoms with Crippen LogP contribution in [0.1, 0.15) is 29.8 Å². The van der Waals surface area contributed by atoms with Gasteiger partial charge in [-0.3, -0.25) is 4.98 Å². The van der Waals surface area contributed by atoms with E-state index in [9.17, 15) is 4.39 Å². The van der Waals surface area contributed by atoms with Gasteiger partial charge in [0.25, 0.3) is 0 Å². The highest BCUT2D eigenvalue weighted by atomic mass is 35.5. The zero-order valence-electron chi connectivity index (χ0n) is 14.1. The van der Waals surface area contributed by atoms with E-state index in [0.717, 1.165) is 48.2 Å². The van der Waals surface area contributed by atoms with Crippen LogP contribution in [0.2, 0.25) is 0 Å². The Balaban J connectivity index is 0.00000196. The minimum Gasteiger partial charge on any atom is -0.471 e. The Morgan fingerprint density at radius 2 is 1.85 bits per heavy atom. The second kappa shape index (κ2) is 8.19. The quantitative estimate of drug-likeness (QED) is 0.693. The molecule has 5 nitrogen and oxygen atoms in total. The summed E-state index contributed by atoms with van der Waals surface area (Å²) in [5.74, 6) is -0.108. The van der Waals surface area contributed by atoms with Crippen LogP contribution in [0.25, 0.3) is 11.3 Å². The van der Waals surface area contributed by atoms with Crippen LogP contribution >= 0.6 is 12.4 Å². The van der Waals surface area contributed by atoms with Gasteiger partial charge in [0.15, 0.2) is 0 Å². The molecule has 0 bridgehead atoms. The number of aryl methyl sites for hydroxylation is 1. The first-order valence-electron chi connectivity index (χ1n) is 8.33. The highest BCUT2D eigenvalue weighted by molar-refractivity contribution is 5.85. The van der Waals surface area contributed by atoms with Crippen molar-refractivity contribution >= 4 is 12.4 Å². The molecule has 0 aliphatic heterocycles. The van der Waals surface area contributed by atoms with Crippen molar-refractivity contribution in [1.82, 2.24) is 19.9 Å². The van der Waals surface area contributed by atoms with Gasteiger partial charge in [0, 0.05) is 35.9 Å². The van der Waals surface area contributed by atoms with Crippen molar-refractivity contribution in [3.63, 3.8) is 0 Å². The summed E-state index contributed by atoms with van der Waals surface area (Å²) < 4.78 is 20.0. The Morgan fingerprint density at radius 1 is 1.00 bits per heavy atom. The van der Waals surface area contributed by atoms with Gasteiger partial charge < -0.3 is 4.74 Å². The lowest BCUT2D eigenvalue weighted by molar-refractivity contribution is 0.288. The number of nitrogens with zero attached hydrogens (tertiary/aromatic N) is 4. The molecule has 1 aliphatic carbocycles. The molecular formula is C19H18ClFN4O. The smallest absolute Gasteiger partial charge is 0.239 e. The predicted octanol–water partition coefficient (Wildman–Crippen LogP) is 3.95. The molecule has 3 heterocycles. The lowest BCUT2D eigenvalue weighted by atomic mass is 9.91. The molecule has 0 saturated heterocycles. The number of aromatic nitrogens is 4. The fourth-order valence-corrected chi connectivity index (χ4v) is 3.10. The molecule has 0 aromatic carbocycles. The van der Waals surface area contributed by atoms with Gasteiger partial charge in [0.2, 0.25) is 11.8 Å². The zero-order chi connectivity index (χ0) is 17.1. The number of fused-ring (bicyclic) bond motifs is 1. The third-order valence-corrected chi connectivity index (χ3v) is 4.28. The standard InChI is InChI=1S/C19H17FN4O.ClH/c20-19-18(22-9-10-23-19)15-11-17(24-16-7-2-1-6-14(15)16)25-12-13-5-3-4-8-21-13;/h3-5,8-11H,1-2,6-7,12H2;1H. The minimum absolute atomic E-state index is 0. The maximum Gasteiger partial charge on any atom is 0.239 e. The molecule has 3 aromatic heterocycles. The first-order valence-corrected chi connectivity index (χ1v) is 8.33. The third kappa shape index (κ3) is 3.80. The maximum absolute atomic E-state index is 14.2. The van der Waals surface area contributed by atoms with Crippen LogP contribution in [-0.2, 0) is 19.4 Å². The zero-order valence-corrected chi connectivity index (χ0v) is 14.9. The lowest BCUT2D eigenvalue weighted by Crippen LogP contribution is -2.10. The number of halogens is 2. The van der Waals surface area contributed by atoms with E-state index >= 15 is 0 Å². The third-order valence-electron chi connectivity index (χ3n) is 4.28. The normalized spacial score (nSPS) is 12.8. The number of pyridine rings is 2. The Bertz CT molecular complexity index is 892. The lowest BCUT2D eigenvalue weighted by Gasteiger charge is -2.19. The van der Waals surface area contributed by atoms with Gasteiger partial charge in [-0.05, 0) is 43.4 Å². The molecule has 0 radical (unpaired) electrons. The molecule has 0 fully saturated rings. The molecule has 0 unspecified atom stereocenters. The van der Waals surface area contributed by atoms with E-state index in [1.54, 1.807) is 12.3 Å². The number of hydrogen-bond acceptors (Lipinski definition) is 5. The summed E-state index contributed by atoms with van der Waals surface area (Å²) in [5, 5.41) is 0. The van der Waals surface area contributed by atoms with E-state index in [1.165, 1.54) is 12.4 Å². The SMILES string of the molecule is Cl.Fc1nccnc1-c1cc(OCc2ccccn2)nc2c1CCCC2. The van der Waals surface area contributed by atoms with E-state index in [2.05, 4.69) is 19.9 Å². The van der Waals surface area contributed by atoms with Crippen molar-refractivity contribution in [1.29, 1.82) is 0 Å². The summed E-state index contributed by atoms with van der Waals surface area (Å²) in [6, 6.07) is 7.42. The van der Waals surface area contributed by atoms with Crippen LogP contribution in [0.4, 0.5) is 4.39 Å². The van der Waals surface area contributed by atoms with Crippen LogP contribution in [0.15, 0.2) is 42.9 Å². The van der Waals surface area contributed by atoms with E-state index in [1.807, 2.05) is 18.2 Å². The molecule has 0 amide bonds. The maximum atomic E-state index is 14.2. The topological polar surface area (TPSA) is 60.8 Å². The van der Waals surface area contributed by atoms with Gasteiger partial charge in [-0.25, -0.2) is 15.0 Å². The molecule has 3 aromatic rings. The van der Waals surface area contributed by atoms with Gasteiger partial charge in [-0.2, -0.15) is 4.39 Å². The molecule has 0 atom stereocenters. The van der Waals surface area contributed by atoms with Crippen molar-refractivity contribution in [2.75, 3.05) is 0 Å². The fourth-order valence-electron chi connectivity index (χ4n) is 3.10. The van der Waals surface area contributed by atoms with Crippen LogP contribution in [0.3, 0.4) is 0 Å². The first-order chi connectivity index (χ1) is 12.3.